The maximum Gasteiger partial charge on any atom is 0.295 e. The number of rotatable bonds is 6. The maximum absolute atomic E-state index is 13.4. The molecular weight excluding hydrogens is 464 g/mol. The van der Waals surface area contributed by atoms with Gasteiger partial charge in [-0.1, -0.05) is 51.1 Å². The van der Waals surface area contributed by atoms with Gasteiger partial charge < -0.3 is 14.7 Å². The number of carbonyl (C=O) groups excluding carboxylic acids is 2. The van der Waals surface area contributed by atoms with Gasteiger partial charge in [0.1, 0.15) is 11.5 Å². The molecule has 1 fully saturated rings. The van der Waals surface area contributed by atoms with E-state index in [1.807, 2.05) is 51.1 Å². The number of aliphatic hydroxyl groups is 1. The summed E-state index contributed by atoms with van der Waals surface area (Å²) in [4.78, 5) is 32.3. The number of amides is 1. The average Bonchev–Trinajstić information content (AvgIpc) is 3.09. The van der Waals surface area contributed by atoms with E-state index in [2.05, 4.69) is 25.8 Å². The highest BCUT2D eigenvalue weighted by Crippen LogP contribution is 2.41. The van der Waals surface area contributed by atoms with Crippen molar-refractivity contribution < 1.29 is 19.4 Å². The number of likely N-dealkylation sites (tertiary alicyclic amines) is 1. The molecule has 0 bridgehead atoms. The molecule has 0 saturated carbocycles. The van der Waals surface area contributed by atoms with Gasteiger partial charge in [0, 0.05) is 24.5 Å². The number of aliphatic hydroxyl groups excluding tert-OH is 1. The van der Waals surface area contributed by atoms with Crippen molar-refractivity contribution in [3.05, 3.63) is 100 Å². The molecule has 1 aliphatic rings. The van der Waals surface area contributed by atoms with Gasteiger partial charge in [-0.05, 0) is 72.7 Å². The number of hydrogen-bond acceptors (Lipinski definition) is 5. The van der Waals surface area contributed by atoms with E-state index in [4.69, 9.17) is 4.74 Å². The summed E-state index contributed by atoms with van der Waals surface area (Å²) in [5.74, 6) is -0.840. The molecule has 1 N–H and O–H groups in total. The molecule has 192 valence electrons. The van der Waals surface area contributed by atoms with Crippen LogP contribution in [0.5, 0.6) is 5.75 Å². The number of pyridine rings is 1. The Morgan fingerprint density at radius 3 is 2.35 bits per heavy atom. The van der Waals surface area contributed by atoms with Crippen molar-refractivity contribution in [1.29, 1.82) is 0 Å². The van der Waals surface area contributed by atoms with Gasteiger partial charge in [-0.2, -0.15) is 0 Å². The van der Waals surface area contributed by atoms with E-state index in [1.165, 1.54) is 4.90 Å². The average molecular weight is 499 g/mol. The van der Waals surface area contributed by atoms with Gasteiger partial charge in [0.25, 0.3) is 11.7 Å². The van der Waals surface area contributed by atoms with Crippen LogP contribution in [0.2, 0.25) is 0 Å². The number of hydrogen-bond donors (Lipinski definition) is 1. The molecule has 1 aromatic heterocycles. The molecule has 2 aromatic carbocycles. The summed E-state index contributed by atoms with van der Waals surface area (Å²) in [7, 11) is 0. The van der Waals surface area contributed by atoms with Gasteiger partial charge >= 0.3 is 0 Å². The van der Waals surface area contributed by atoms with Crippen molar-refractivity contribution in [3.8, 4) is 5.75 Å². The Morgan fingerprint density at radius 2 is 1.78 bits per heavy atom. The van der Waals surface area contributed by atoms with Crippen molar-refractivity contribution in [3.63, 3.8) is 0 Å². The summed E-state index contributed by atoms with van der Waals surface area (Å²) in [6.45, 7) is 12.4. The first-order chi connectivity index (χ1) is 17.5. The third-order valence-corrected chi connectivity index (χ3v) is 6.52. The van der Waals surface area contributed by atoms with Crippen molar-refractivity contribution in [2.75, 3.05) is 0 Å². The summed E-state index contributed by atoms with van der Waals surface area (Å²) in [6, 6.07) is 16.1. The molecule has 3 aromatic rings. The standard InChI is InChI=1S/C31H34N2O4/c1-19(2)37-25-14-11-23(16-20(25)3)28(34)26-27(22-9-12-24(13-10-22)31(4,5)6)33(30(36)29(26)35)18-21-8-7-15-32-17-21/h7-17,19,27,34H,18H2,1-6H3/b28-26+. The smallest absolute Gasteiger partial charge is 0.295 e. The zero-order valence-corrected chi connectivity index (χ0v) is 22.3. The minimum Gasteiger partial charge on any atom is -0.507 e. The van der Waals surface area contributed by atoms with Crippen molar-refractivity contribution in [2.24, 2.45) is 0 Å². The quantitative estimate of drug-likeness (QED) is 0.252. The lowest BCUT2D eigenvalue weighted by Crippen LogP contribution is -2.29. The van der Waals surface area contributed by atoms with E-state index in [0.717, 1.165) is 22.3 Å². The SMILES string of the molecule is Cc1cc(/C(O)=C2\C(=O)C(=O)N(Cc3cccnc3)C2c2ccc(C(C)(C)C)cc2)ccc1OC(C)C. The third kappa shape index (κ3) is 5.43. The predicted molar refractivity (Wildman–Crippen MR) is 144 cm³/mol. The second-order valence-electron chi connectivity index (χ2n) is 10.8. The Balaban J connectivity index is 1.83. The van der Waals surface area contributed by atoms with E-state index in [-0.39, 0.29) is 29.4 Å². The Hall–Kier alpha value is -3.93. The van der Waals surface area contributed by atoms with Gasteiger partial charge in [-0.15, -0.1) is 0 Å². The van der Waals surface area contributed by atoms with E-state index in [9.17, 15) is 14.7 Å². The summed E-state index contributed by atoms with van der Waals surface area (Å²) >= 11 is 0. The van der Waals surface area contributed by atoms with Crippen molar-refractivity contribution in [1.82, 2.24) is 9.88 Å². The maximum atomic E-state index is 13.4. The second-order valence-corrected chi connectivity index (χ2v) is 10.8. The first-order valence-electron chi connectivity index (χ1n) is 12.5. The second kappa shape index (κ2) is 10.2. The fourth-order valence-corrected chi connectivity index (χ4v) is 4.58. The van der Waals surface area contributed by atoms with Gasteiger partial charge in [-0.25, -0.2) is 0 Å². The Bertz CT molecular complexity index is 1340. The zero-order valence-electron chi connectivity index (χ0n) is 22.3. The number of Topliss-reactive ketones (excluding diaryl/α,β-unsaturated/α-hetero) is 1. The van der Waals surface area contributed by atoms with E-state index in [0.29, 0.717) is 11.3 Å². The summed E-state index contributed by atoms with van der Waals surface area (Å²) in [5.41, 5.74) is 4.01. The van der Waals surface area contributed by atoms with Gasteiger partial charge in [0.05, 0.1) is 17.7 Å². The lowest BCUT2D eigenvalue weighted by atomic mass is 9.85. The lowest BCUT2D eigenvalue weighted by Gasteiger charge is -2.26. The number of benzene rings is 2. The fourth-order valence-electron chi connectivity index (χ4n) is 4.58. The molecule has 2 heterocycles. The van der Waals surface area contributed by atoms with Crippen LogP contribution in [0, 0.1) is 6.92 Å². The molecule has 1 amide bonds. The molecule has 0 aliphatic carbocycles. The van der Waals surface area contributed by atoms with E-state index >= 15 is 0 Å². The first-order valence-corrected chi connectivity index (χ1v) is 12.5. The monoisotopic (exact) mass is 498 g/mol. The van der Waals surface area contributed by atoms with Crippen LogP contribution in [0.4, 0.5) is 0 Å². The summed E-state index contributed by atoms with van der Waals surface area (Å²) in [6.07, 6.45) is 3.34. The predicted octanol–water partition coefficient (Wildman–Crippen LogP) is 6.10. The molecule has 1 unspecified atom stereocenters. The highest BCUT2D eigenvalue weighted by molar-refractivity contribution is 6.46. The molecule has 6 nitrogen and oxygen atoms in total. The van der Waals surface area contributed by atoms with Crippen LogP contribution in [-0.2, 0) is 21.5 Å². The van der Waals surface area contributed by atoms with Crippen molar-refractivity contribution in [2.45, 2.75) is 65.6 Å². The van der Waals surface area contributed by atoms with E-state index in [1.54, 1.807) is 36.7 Å². The summed E-state index contributed by atoms with van der Waals surface area (Å²) < 4.78 is 5.82. The highest BCUT2D eigenvalue weighted by atomic mass is 16.5. The van der Waals surface area contributed by atoms with Crippen LogP contribution in [0.1, 0.15) is 68.5 Å². The number of ketones is 1. The van der Waals surface area contributed by atoms with Crippen molar-refractivity contribution >= 4 is 17.4 Å². The van der Waals surface area contributed by atoms with Crippen LogP contribution in [0.3, 0.4) is 0 Å². The highest BCUT2D eigenvalue weighted by Gasteiger charge is 2.46. The van der Waals surface area contributed by atoms with Gasteiger partial charge in [-0.3, -0.25) is 14.6 Å². The van der Waals surface area contributed by atoms with Crippen LogP contribution < -0.4 is 4.74 Å². The minimum absolute atomic E-state index is 0.00650. The number of ether oxygens (including phenoxy) is 1. The molecule has 37 heavy (non-hydrogen) atoms. The number of aryl methyl sites for hydroxylation is 1. The molecule has 1 saturated heterocycles. The minimum atomic E-state index is -0.735. The largest absolute Gasteiger partial charge is 0.507 e. The Kier molecular flexibility index (Phi) is 7.21. The number of aromatic nitrogens is 1. The van der Waals surface area contributed by atoms with Crippen LogP contribution >= 0.6 is 0 Å². The summed E-state index contributed by atoms with van der Waals surface area (Å²) in [5, 5.41) is 11.4. The van der Waals surface area contributed by atoms with Crippen LogP contribution in [0.25, 0.3) is 5.76 Å². The zero-order chi connectivity index (χ0) is 26.9. The molecule has 6 heteroatoms. The molecule has 0 radical (unpaired) electrons. The molecule has 4 rings (SSSR count). The lowest BCUT2D eigenvalue weighted by molar-refractivity contribution is -0.140. The van der Waals surface area contributed by atoms with E-state index < -0.39 is 17.7 Å². The normalized spacial score (nSPS) is 17.5. The van der Waals surface area contributed by atoms with Gasteiger partial charge in [0.2, 0.25) is 0 Å². The topological polar surface area (TPSA) is 79.7 Å². The molecule has 1 aliphatic heterocycles. The first kappa shape index (κ1) is 26.1. The molecule has 0 spiro atoms. The third-order valence-electron chi connectivity index (χ3n) is 6.52. The Labute approximate surface area is 218 Å². The number of carbonyl (C=O) groups is 2. The van der Waals surface area contributed by atoms with Crippen LogP contribution in [0.15, 0.2) is 72.6 Å². The van der Waals surface area contributed by atoms with Gasteiger partial charge in [0.15, 0.2) is 0 Å². The molecular formula is C31H34N2O4. The number of nitrogens with zero attached hydrogens (tertiary/aromatic N) is 2. The molecule has 1 atom stereocenters. The Morgan fingerprint density at radius 1 is 1.08 bits per heavy atom. The van der Waals surface area contributed by atoms with Crippen LogP contribution in [-0.4, -0.2) is 32.8 Å². The fraction of sp³-hybridized carbons (Fsp3) is 0.323.